The summed E-state index contributed by atoms with van der Waals surface area (Å²) in [5, 5.41) is 11.9. The maximum Gasteiger partial charge on any atom is 0.122 e. The van der Waals surface area contributed by atoms with Gasteiger partial charge in [0.15, 0.2) is 0 Å². The second-order valence-electron chi connectivity index (χ2n) is 5.39. The number of nitrogens with one attached hydrogen (secondary N) is 1. The number of benzene rings is 1. The minimum atomic E-state index is 0.0765. The minimum Gasteiger partial charge on any atom is -0.493 e. The van der Waals surface area contributed by atoms with Crippen LogP contribution in [0.2, 0.25) is 0 Å². The summed E-state index contributed by atoms with van der Waals surface area (Å²) < 4.78 is 5.53. The zero-order valence-corrected chi connectivity index (χ0v) is 11.1. The third-order valence-electron chi connectivity index (χ3n) is 3.45. The highest BCUT2D eigenvalue weighted by Gasteiger charge is 2.22. The lowest BCUT2D eigenvalue weighted by Gasteiger charge is -2.26. The van der Waals surface area contributed by atoms with Crippen LogP contribution in [0.5, 0.6) is 5.75 Å². The zero-order chi connectivity index (χ0) is 13.0. The van der Waals surface area contributed by atoms with Crippen LogP contribution in [-0.2, 0) is 11.8 Å². The lowest BCUT2D eigenvalue weighted by molar-refractivity contribution is 0.356. The summed E-state index contributed by atoms with van der Waals surface area (Å²) in [6.07, 6.45) is 1.58. The maximum absolute atomic E-state index is 8.51. The number of hydrogen-bond donors (Lipinski definition) is 1. The first-order valence-corrected chi connectivity index (χ1v) is 6.47. The summed E-state index contributed by atoms with van der Waals surface area (Å²) >= 11 is 0. The van der Waals surface area contributed by atoms with Crippen LogP contribution in [0.25, 0.3) is 0 Å². The summed E-state index contributed by atoms with van der Waals surface area (Å²) in [6.45, 7) is 6.90. The zero-order valence-electron chi connectivity index (χ0n) is 11.1. The van der Waals surface area contributed by atoms with Crippen LogP contribution >= 0.6 is 0 Å². The van der Waals surface area contributed by atoms with Gasteiger partial charge in [0.1, 0.15) is 5.75 Å². The van der Waals surface area contributed by atoms with Crippen molar-refractivity contribution in [3.05, 3.63) is 29.3 Å². The van der Waals surface area contributed by atoms with Gasteiger partial charge in [-0.3, -0.25) is 0 Å². The Kier molecular flexibility index (Phi) is 3.88. The van der Waals surface area contributed by atoms with Crippen LogP contribution in [0.3, 0.4) is 0 Å². The Morgan fingerprint density at radius 2 is 2.28 bits per heavy atom. The second-order valence-corrected chi connectivity index (χ2v) is 5.39. The van der Waals surface area contributed by atoms with E-state index in [1.807, 2.05) is 0 Å². The molecular formula is C15H20N2O. The molecule has 3 heteroatoms. The fourth-order valence-corrected chi connectivity index (χ4v) is 2.25. The Morgan fingerprint density at radius 1 is 1.44 bits per heavy atom. The first kappa shape index (κ1) is 12.9. The van der Waals surface area contributed by atoms with E-state index in [0.29, 0.717) is 6.42 Å². The van der Waals surface area contributed by atoms with Crippen LogP contribution in [-0.4, -0.2) is 19.7 Å². The standard InChI is InChI=1S/C15H20N2O/c1-15(2,11-17-8-3-7-16)13-4-5-14-12(10-13)6-9-18-14/h4-5,10,17H,3,6,8-9,11H2,1-2H3. The van der Waals surface area contributed by atoms with Crippen LogP contribution in [0.15, 0.2) is 18.2 Å². The molecule has 1 aromatic carbocycles. The third kappa shape index (κ3) is 2.83. The van der Waals surface area contributed by atoms with Crippen molar-refractivity contribution in [1.29, 1.82) is 5.26 Å². The van der Waals surface area contributed by atoms with Crippen molar-refractivity contribution in [3.8, 4) is 11.8 Å². The average Bonchev–Trinajstić information content (AvgIpc) is 2.82. The molecule has 18 heavy (non-hydrogen) atoms. The summed E-state index contributed by atoms with van der Waals surface area (Å²) in [4.78, 5) is 0. The molecule has 0 bridgehead atoms. The molecule has 3 nitrogen and oxygen atoms in total. The normalized spacial score (nSPS) is 13.8. The van der Waals surface area contributed by atoms with Gasteiger partial charge in [0.25, 0.3) is 0 Å². The number of nitrogens with zero attached hydrogens (tertiary/aromatic N) is 1. The maximum atomic E-state index is 8.51. The molecule has 0 saturated carbocycles. The topological polar surface area (TPSA) is 45.0 Å². The molecular weight excluding hydrogens is 224 g/mol. The SMILES string of the molecule is CC(C)(CNCCC#N)c1ccc2c(c1)CCO2. The van der Waals surface area contributed by atoms with Gasteiger partial charge < -0.3 is 10.1 Å². The van der Waals surface area contributed by atoms with Gasteiger partial charge in [-0.1, -0.05) is 26.0 Å². The van der Waals surface area contributed by atoms with Gasteiger partial charge in [0.2, 0.25) is 0 Å². The molecule has 1 heterocycles. The fourth-order valence-electron chi connectivity index (χ4n) is 2.25. The molecule has 0 unspecified atom stereocenters. The van der Waals surface area contributed by atoms with Crippen LogP contribution in [0.4, 0.5) is 0 Å². The highest BCUT2D eigenvalue weighted by molar-refractivity contribution is 5.42. The van der Waals surface area contributed by atoms with Gasteiger partial charge in [-0.05, 0) is 17.2 Å². The molecule has 0 radical (unpaired) electrons. The lowest BCUT2D eigenvalue weighted by Crippen LogP contribution is -2.33. The number of nitriles is 1. The average molecular weight is 244 g/mol. The van der Waals surface area contributed by atoms with Crippen LogP contribution in [0.1, 0.15) is 31.4 Å². The van der Waals surface area contributed by atoms with E-state index in [4.69, 9.17) is 10.00 Å². The molecule has 96 valence electrons. The molecule has 0 aliphatic carbocycles. The van der Waals surface area contributed by atoms with Crippen molar-refractivity contribution in [2.75, 3.05) is 19.7 Å². The predicted octanol–water partition coefficient (Wildman–Crippen LogP) is 2.40. The van der Waals surface area contributed by atoms with Crippen LogP contribution in [0, 0.1) is 11.3 Å². The first-order valence-electron chi connectivity index (χ1n) is 6.47. The molecule has 0 spiro atoms. The van der Waals surface area contributed by atoms with Crippen molar-refractivity contribution >= 4 is 0 Å². The Balaban J connectivity index is 2.03. The van der Waals surface area contributed by atoms with E-state index in [-0.39, 0.29) is 5.41 Å². The molecule has 0 fully saturated rings. The van der Waals surface area contributed by atoms with E-state index in [2.05, 4.69) is 43.4 Å². The molecule has 1 N–H and O–H groups in total. The van der Waals surface area contributed by atoms with Crippen LogP contribution < -0.4 is 10.1 Å². The number of rotatable bonds is 5. The molecule has 2 rings (SSSR count). The lowest BCUT2D eigenvalue weighted by atomic mass is 9.83. The first-order chi connectivity index (χ1) is 8.63. The number of hydrogen-bond acceptors (Lipinski definition) is 3. The van der Waals surface area contributed by atoms with E-state index in [0.717, 1.165) is 31.9 Å². The van der Waals surface area contributed by atoms with E-state index in [9.17, 15) is 0 Å². The quantitative estimate of drug-likeness (QED) is 0.809. The Morgan fingerprint density at radius 3 is 3.06 bits per heavy atom. The van der Waals surface area contributed by atoms with Gasteiger partial charge >= 0.3 is 0 Å². The molecule has 0 aromatic heterocycles. The van der Waals surface area contributed by atoms with E-state index in [1.165, 1.54) is 11.1 Å². The second kappa shape index (κ2) is 5.41. The van der Waals surface area contributed by atoms with Gasteiger partial charge in [-0.15, -0.1) is 0 Å². The highest BCUT2D eigenvalue weighted by Crippen LogP contribution is 2.31. The van der Waals surface area contributed by atoms with E-state index < -0.39 is 0 Å². The van der Waals surface area contributed by atoms with Gasteiger partial charge in [0.05, 0.1) is 12.7 Å². The van der Waals surface area contributed by atoms with Crippen molar-refractivity contribution in [2.24, 2.45) is 0 Å². The summed E-state index contributed by atoms with van der Waals surface area (Å²) in [5.41, 5.74) is 2.72. The van der Waals surface area contributed by atoms with Crippen molar-refractivity contribution in [3.63, 3.8) is 0 Å². The molecule has 1 aromatic rings. The van der Waals surface area contributed by atoms with Gasteiger partial charge in [-0.2, -0.15) is 5.26 Å². The van der Waals surface area contributed by atoms with Crippen molar-refractivity contribution < 1.29 is 4.74 Å². The molecule has 0 amide bonds. The summed E-state index contributed by atoms with van der Waals surface area (Å²) in [5.74, 6) is 1.03. The summed E-state index contributed by atoms with van der Waals surface area (Å²) in [7, 11) is 0. The fraction of sp³-hybridized carbons (Fsp3) is 0.533. The molecule has 1 aliphatic rings. The third-order valence-corrected chi connectivity index (χ3v) is 3.45. The van der Waals surface area contributed by atoms with Gasteiger partial charge in [-0.25, -0.2) is 0 Å². The molecule has 1 aliphatic heterocycles. The molecule has 0 atom stereocenters. The van der Waals surface area contributed by atoms with Crippen molar-refractivity contribution in [2.45, 2.75) is 32.1 Å². The van der Waals surface area contributed by atoms with E-state index >= 15 is 0 Å². The number of ether oxygens (including phenoxy) is 1. The number of fused-ring (bicyclic) bond motifs is 1. The summed E-state index contributed by atoms with van der Waals surface area (Å²) in [6, 6.07) is 8.63. The Hall–Kier alpha value is -1.53. The Labute approximate surface area is 109 Å². The Bertz CT molecular complexity index is 460. The highest BCUT2D eigenvalue weighted by atomic mass is 16.5. The molecule has 0 saturated heterocycles. The smallest absolute Gasteiger partial charge is 0.122 e. The van der Waals surface area contributed by atoms with Crippen molar-refractivity contribution in [1.82, 2.24) is 5.32 Å². The monoisotopic (exact) mass is 244 g/mol. The predicted molar refractivity (Wildman–Crippen MR) is 71.8 cm³/mol. The largest absolute Gasteiger partial charge is 0.493 e. The minimum absolute atomic E-state index is 0.0765. The van der Waals surface area contributed by atoms with Gasteiger partial charge in [0, 0.05) is 31.3 Å². The van der Waals surface area contributed by atoms with E-state index in [1.54, 1.807) is 0 Å².